The molecule has 1 aromatic rings. The van der Waals surface area contributed by atoms with E-state index in [2.05, 4.69) is 31.0 Å². The summed E-state index contributed by atoms with van der Waals surface area (Å²) in [5, 5.41) is 5.20. The van der Waals surface area contributed by atoms with Crippen molar-refractivity contribution in [3.63, 3.8) is 0 Å². The van der Waals surface area contributed by atoms with Crippen LogP contribution in [0.15, 0.2) is 6.20 Å². The molecule has 1 fully saturated rings. The van der Waals surface area contributed by atoms with Crippen LogP contribution in [0.2, 0.25) is 5.02 Å². The van der Waals surface area contributed by atoms with E-state index in [-0.39, 0.29) is 6.04 Å². The molecule has 19 heavy (non-hydrogen) atoms. The van der Waals surface area contributed by atoms with Crippen LogP contribution < -0.4 is 5.73 Å². The van der Waals surface area contributed by atoms with Crippen LogP contribution in [0.5, 0.6) is 0 Å². The minimum atomic E-state index is 0.212. The molecule has 3 unspecified atom stereocenters. The maximum Gasteiger partial charge on any atom is 0.0821 e. The third-order valence-corrected chi connectivity index (χ3v) is 4.40. The number of nitrogens with zero attached hydrogens (tertiary/aromatic N) is 3. The van der Waals surface area contributed by atoms with E-state index < -0.39 is 0 Å². The topological polar surface area (TPSA) is 47.1 Å². The number of nitrogens with two attached hydrogens (primary N) is 1. The molecule has 1 aromatic heterocycles. The van der Waals surface area contributed by atoms with Crippen LogP contribution in [0.1, 0.15) is 37.8 Å². The van der Waals surface area contributed by atoms with E-state index >= 15 is 0 Å². The molecule has 1 saturated carbocycles. The first kappa shape index (κ1) is 14.8. The second kappa shape index (κ2) is 6.25. The highest BCUT2D eigenvalue weighted by Gasteiger charge is 2.31. The summed E-state index contributed by atoms with van der Waals surface area (Å²) in [5.74, 6) is 1.07. The molecule has 0 aromatic carbocycles. The van der Waals surface area contributed by atoms with E-state index in [1.807, 2.05) is 4.68 Å². The van der Waals surface area contributed by atoms with Crippen LogP contribution >= 0.6 is 11.6 Å². The summed E-state index contributed by atoms with van der Waals surface area (Å²) < 4.78 is 2.05. The number of likely N-dealkylation sites (N-methyl/N-ethyl adjacent to an activating group) is 1. The first-order valence-electron chi connectivity index (χ1n) is 7.10. The maximum atomic E-state index is 6.35. The van der Waals surface area contributed by atoms with Crippen LogP contribution in [-0.4, -0.2) is 41.4 Å². The monoisotopic (exact) mass is 284 g/mol. The smallest absolute Gasteiger partial charge is 0.0821 e. The molecule has 108 valence electrons. The van der Waals surface area contributed by atoms with Gasteiger partial charge in [-0.25, -0.2) is 0 Å². The summed E-state index contributed by atoms with van der Waals surface area (Å²) in [5.41, 5.74) is 7.46. The average Bonchev–Trinajstić information content (AvgIpc) is 2.71. The van der Waals surface area contributed by atoms with Crippen molar-refractivity contribution < 1.29 is 0 Å². The van der Waals surface area contributed by atoms with Gasteiger partial charge in [-0.05, 0) is 39.3 Å². The van der Waals surface area contributed by atoms with Crippen LogP contribution in [-0.2, 0) is 6.54 Å². The highest BCUT2D eigenvalue weighted by atomic mass is 35.5. The Balaban J connectivity index is 2.19. The minimum Gasteiger partial charge on any atom is -0.327 e. The number of aromatic nitrogens is 2. The van der Waals surface area contributed by atoms with Crippen molar-refractivity contribution in [2.45, 2.75) is 44.7 Å². The lowest BCUT2D eigenvalue weighted by Gasteiger charge is -2.33. The third kappa shape index (κ3) is 3.50. The first-order valence-corrected chi connectivity index (χ1v) is 7.48. The molecule has 4 nitrogen and oxygen atoms in total. The lowest BCUT2D eigenvalue weighted by atomic mass is 9.77. The SMILES string of the molecule is CC1CCC(N)C(c2c(Cl)cnn2CCN(C)C)C1. The van der Waals surface area contributed by atoms with Crippen LogP contribution in [0.3, 0.4) is 0 Å². The van der Waals surface area contributed by atoms with Gasteiger partial charge >= 0.3 is 0 Å². The number of halogens is 1. The minimum absolute atomic E-state index is 0.212. The van der Waals surface area contributed by atoms with E-state index in [1.54, 1.807) is 6.20 Å². The molecule has 1 aliphatic rings. The summed E-state index contributed by atoms with van der Waals surface area (Å²) in [6, 6.07) is 0.212. The maximum absolute atomic E-state index is 6.35. The summed E-state index contributed by atoms with van der Waals surface area (Å²) in [6.07, 6.45) is 5.19. The molecule has 0 radical (unpaired) electrons. The van der Waals surface area contributed by atoms with Gasteiger partial charge in [0.05, 0.1) is 23.5 Å². The zero-order valence-electron chi connectivity index (χ0n) is 12.1. The molecule has 0 spiro atoms. The van der Waals surface area contributed by atoms with Crippen molar-refractivity contribution in [2.24, 2.45) is 11.7 Å². The van der Waals surface area contributed by atoms with Crippen molar-refractivity contribution in [3.8, 4) is 0 Å². The van der Waals surface area contributed by atoms with Crippen molar-refractivity contribution >= 4 is 11.6 Å². The van der Waals surface area contributed by atoms with Crippen LogP contribution in [0, 0.1) is 5.92 Å². The zero-order chi connectivity index (χ0) is 14.0. The first-order chi connectivity index (χ1) is 8.99. The number of hydrogen-bond donors (Lipinski definition) is 1. The van der Waals surface area contributed by atoms with Gasteiger partial charge < -0.3 is 10.6 Å². The van der Waals surface area contributed by atoms with Gasteiger partial charge in [-0.3, -0.25) is 4.68 Å². The Morgan fingerprint density at radius 2 is 2.21 bits per heavy atom. The fourth-order valence-electron chi connectivity index (χ4n) is 2.93. The highest BCUT2D eigenvalue weighted by Crippen LogP contribution is 2.38. The van der Waals surface area contributed by atoms with E-state index in [4.69, 9.17) is 17.3 Å². The van der Waals surface area contributed by atoms with Crippen molar-refractivity contribution in [1.82, 2.24) is 14.7 Å². The lowest BCUT2D eigenvalue weighted by molar-refractivity contribution is 0.289. The van der Waals surface area contributed by atoms with Gasteiger partial charge in [0.15, 0.2) is 0 Å². The quantitative estimate of drug-likeness (QED) is 0.923. The molecule has 0 saturated heterocycles. The molecule has 0 aliphatic heterocycles. The molecule has 0 amide bonds. The van der Waals surface area contributed by atoms with E-state index in [0.717, 1.165) is 42.6 Å². The standard InChI is InChI=1S/C14H25ClN4/c1-10-4-5-13(16)11(8-10)14-12(15)9-17-19(14)7-6-18(2)3/h9-11,13H,4-8,16H2,1-3H3. The molecule has 3 atom stereocenters. The zero-order valence-corrected chi connectivity index (χ0v) is 12.9. The Hall–Kier alpha value is -0.580. The fraction of sp³-hybridized carbons (Fsp3) is 0.786. The molecular formula is C14H25ClN4. The lowest BCUT2D eigenvalue weighted by Crippen LogP contribution is -2.35. The molecular weight excluding hydrogens is 260 g/mol. The van der Waals surface area contributed by atoms with Crippen molar-refractivity contribution in [3.05, 3.63) is 16.9 Å². The van der Waals surface area contributed by atoms with Gasteiger partial charge in [-0.15, -0.1) is 0 Å². The third-order valence-electron chi connectivity index (χ3n) is 4.11. The largest absolute Gasteiger partial charge is 0.327 e. The second-order valence-electron chi connectivity index (χ2n) is 6.09. The van der Waals surface area contributed by atoms with Crippen LogP contribution in [0.25, 0.3) is 0 Å². The summed E-state index contributed by atoms with van der Waals surface area (Å²) in [6.45, 7) is 4.13. The van der Waals surface area contributed by atoms with Gasteiger partial charge in [-0.2, -0.15) is 5.10 Å². The molecule has 1 aliphatic carbocycles. The van der Waals surface area contributed by atoms with Crippen molar-refractivity contribution in [1.29, 1.82) is 0 Å². The van der Waals surface area contributed by atoms with Crippen LogP contribution in [0.4, 0.5) is 0 Å². The molecule has 1 heterocycles. The molecule has 0 bridgehead atoms. The van der Waals surface area contributed by atoms with Gasteiger partial charge in [0.1, 0.15) is 0 Å². The van der Waals surface area contributed by atoms with E-state index in [1.165, 1.54) is 6.42 Å². The second-order valence-corrected chi connectivity index (χ2v) is 6.50. The predicted molar refractivity (Wildman–Crippen MR) is 79.5 cm³/mol. The molecule has 5 heteroatoms. The normalized spacial score (nSPS) is 28.0. The Morgan fingerprint density at radius 1 is 1.47 bits per heavy atom. The summed E-state index contributed by atoms with van der Waals surface area (Å²) >= 11 is 6.35. The van der Waals surface area contributed by atoms with E-state index in [0.29, 0.717) is 5.92 Å². The van der Waals surface area contributed by atoms with Gasteiger partial charge in [0.2, 0.25) is 0 Å². The fourth-order valence-corrected chi connectivity index (χ4v) is 3.21. The van der Waals surface area contributed by atoms with Crippen molar-refractivity contribution in [2.75, 3.05) is 20.6 Å². The Kier molecular flexibility index (Phi) is 4.87. The highest BCUT2D eigenvalue weighted by molar-refractivity contribution is 6.31. The van der Waals surface area contributed by atoms with Gasteiger partial charge in [0.25, 0.3) is 0 Å². The summed E-state index contributed by atoms with van der Waals surface area (Å²) in [7, 11) is 4.14. The molecule has 2 N–H and O–H groups in total. The van der Waals surface area contributed by atoms with Gasteiger partial charge in [0, 0.05) is 18.5 Å². The average molecular weight is 285 g/mol. The van der Waals surface area contributed by atoms with E-state index in [9.17, 15) is 0 Å². The number of hydrogen-bond acceptors (Lipinski definition) is 3. The predicted octanol–water partition coefficient (Wildman–Crippen LogP) is 2.33. The molecule has 2 rings (SSSR count). The number of rotatable bonds is 4. The van der Waals surface area contributed by atoms with Gasteiger partial charge in [-0.1, -0.05) is 18.5 Å². The Bertz CT molecular complexity index is 416. The summed E-state index contributed by atoms with van der Waals surface area (Å²) in [4.78, 5) is 2.16. The Morgan fingerprint density at radius 3 is 2.89 bits per heavy atom. The Labute approximate surface area is 120 Å².